The molecule has 7 nitrogen and oxygen atoms in total. The van der Waals surface area contributed by atoms with Gasteiger partial charge in [0.2, 0.25) is 5.82 Å². The lowest BCUT2D eigenvalue weighted by atomic mass is 9.99. The molecule has 0 fully saturated rings. The zero-order valence-electron chi connectivity index (χ0n) is 19.4. The molecule has 186 valence electrons. The Balaban J connectivity index is 1.53. The third-order valence-electron chi connectivity index (χ3n) is 5.75. The molecule has 1 aromatic heterocycles. The van der Waals surface area contributed by atoms with E-state index < -0.39 is 33.3 Å². The lowest BCUT2D eigenvalue weighted by molar-refractivity contribution is -0.140. The largest absolute Gasteiger partial charge is 0.481 e. The Hall–Kier alpha value is -3.56. The monoisotopic (exact) mass is 528 g/mol. The van der Waals surface area contributed by atoms with Crippen molar-refractivity contribution < 1.29 is 27.2 Å². The zero-order chi connectivity index (χ0) is 26.0. The predicted molar refractivity (Wildman–Crippen MR) is 133 cm³/mol. The van der Waals surface area contributed by atoms with Gasteiger partial charge in [0.1, 0.15) is 5.82 Å². The minimum absolute atomic E-state index is 0.0447. The van der Waals surface area contributed by atoms with Crippen LogP contribution in [0.1, 0.15) is 16.7 Å². The van der Waals surface area contributed by atoms with E-state index in [0.29, 0.717) is 16.7 Å². The maximum absolute atomic E-state index is 14.9. The number of carboxylic acids is 1. The van der Waals surface area contributed by atoms with Gasteiger partial charge in [0.25, 0.3) is 5.89 Å². The van der Waals surface area contributed by atoms with E-state index in [-0.39, 0.29) is 33.6 Å². The number of aryl methyl sites for hydroxylation is 2. The van der Waals surface area contributed by atoms with Gasteiger partial charge in [-0.2, -0.15) is 4.98 Å². The summed E-state index contributed by atoms with van der Waals surface area (Å²) in [6, 6.07) is 15.8. The van der Waals surface area contributed by atoms with Gasteiger partial charge in [0, 0.05) is 10.6 Å². The van der Waals surface area contributed by atoms with Crippen LogP contribution in [0.25, 0.3) is 22.8 Å². The number of benzene rings is 3. The maximum atomic E-state index is 14.9. The fraction of sp³-hybridized carbons (Fsp3) is 0.192. The van der Waals surface area contributed by atoms with Crippen molar-refractivity contribution in [2.24, 2.45) is 5.92 Å². The summed E-state index contributed by atoms with van der Waals surface area (Å²) in [7, 11) is -3.94. The first-order valence-electron chi connectivity index (χ1n) is 10.9. The molecule has 0 saturated carbocycles. The third-order valence-corrected chi connectivity index (χ3v) is 7.97. The topological polar surface area (TPSA) is 110 Å². The van der Waals surface area contributed by atoms with Crippen molar-refractivity contribution in [1.29, 1.82) is 0 Å². The Morgan fingerprint density at radius 3 is 2.44 bits per heavy atom. The summed E-state index contributed by atoms with van der Waals surface area (Å²) >= 11 is 6.03. The van der Waals surface area contributed by atoms with Gasteiger partial charge < -0.3 is 9.63 Å². The number of rotatable bonds is 8. The summed E-state index contributed by atoms with van der Waals surface area (Å²) in [6.07, 6.45) is -0.188. The van der Waals surface area contributed by atoms with Crippen molar-refractivity contribution in [3.63, 3.8) is 0 Å². The number of nitrogens with zero attached hydrogens (tertiary/aromatic N) is 2. The SMILES string of the molecule is Cc1ccc(-c2nc(-c3ccc(CC(CS(=O)(=O)c4ccc(C)c(Cl)c4)C(=O)O)cc3F)no2)cc1. The molecule has 1 N–H and O–H groups in total. The van der Waals surface area contributed by atoms with E-state index in [1.165, 1.54) is 24.3 Å². The molecule has 0 aliphatic carbocycles. The van der Waals surface area contributed by atoms with Gasteiger partial charge in [0.05, 0.1) is 22.1 Å². The second-order valence-electron chi connectivity index (χ2n) is 8.54. The Kier molecular flexibility index (Phi) is 7.23. The van der Waals surface area contributed by atoms with Crippen LogP contribution in [0.3, 0.4) is 0 Å². The van der Waals surface area contributed by atoms with Crippen LogP contribution in [0.15, 0.2) is 70.1 Å². The molecule has 0 spiro atoms. The average Bonchev–Trinajstić information content (AvgIpc) is 3.30. The molecular weight excluding hydrogens is 507 g/mol. The first-order valence-corrected chi connectivity index (χ1v) is 13.0. The molecular formula is C26H22ClFN2O5S. The zero-order valence-corrected chi connectivity index (χ0v) is 21.0. The molecule has 1 unspecified atom stereocenters. The number of halogens is 2. The first-order chi connectivity index (χ1) is 17.0. The third kappa shape index (κ3) is 5.63. The summed E-state index contributed by atoms with van der Waals surface area (Å²) in [5.41, 5.74) is 2.86. The molecule has 1 atom stereocenters. The normalized spacial score (nSPS) is 12.4. The fourth-order valence-electron chi connectivity index (χ4n) is 3.64. The van der Waals surface area contributed by atoms with E-state index >= 15 is 0 Å². The molecule has 4 aromatic rings. The molecule has 0 radical (unpaired) electrons. The van der Waals surface area contributed by atoms with Crippen molar-refractivity contribution in [3.8, 4) is 22.8 Å². The Morgan fingerprint density at radius 1 is 1.08 bits per heavy atom. The highest BCUT2D eigenvalue weighted by Gasteiger charge is 2.28. The standard InChI is InChI=1S/C26H22ClFN2O5S/c1-15-3-7-18(8-4-15)25-29-24(30-35-25)21-10-6-17(12-23(21)28)11-19(26(31)32)14-36(33,34)20-9-5-16(2)22(27)13-20/h3-10,12-13,19H,11,14H2,1-2H3,(H,31,32). The predicted octanol–water partition coefficient (Wildman–Crippen LogP) is 5.53. The smallest absolute Gasteiger partial charge is 0.307 e. The Labute approximate surface area is 212 Å². The van der Waals surface area contributed by atoms with Gasteiger partial charge in [0.15, 0.2) is 9.84 Å². The first kappa shape index (κ1) is 25.5. The van der Waals surface area contributed by atoms with Crippen LogP contribution in [0.2, 0.25) is 5.02 Å². The average molecular weight is 529 g/mol. The summed E-state index contributed by atoms with van der Waals surface area (Å²) < 4.78 is 45.8. The van der Waals surface area contributed by atoms with Crippen LogP contribution in [-0.2, 0) is 21.1 Å². The van der Waals surface area contributed by atoms with Gasteiger partial charge in [-0.1, -0.05) is 46.6 Å². The number of aliphatic carboxylic acids is 1. The van der Waals surface area contributed by atoms with Gasteiger partial charge in [-0.25, -0.2) is 12.8 Å². The van der Waals surface area contributed by atoms with Gasteiger partial charge >= 0.3 is 5.97 Å². The summed E-state index contributed by atoms with van der Waals surface area (Å²) in [5.74, 6) is -3.65. The van der Waals surface area contributed by atoms with E-state index in [1.807, 2.05) is 31.2 Å². The molecule has 10 heteroatoms. The van der Waals surface area contributed by atoms with Crippen molar-refractivity contribution in [3.05, 3.63) is 88.2 Å². The summed E-state index contributed by atoms with van der Waals surface area (Å²) in [4.78, 5) is 16.0. The Bertz CT molecular complexity index is 1530. The quantitative estimate of drug-likeness (QED) is 0.320. The number of aromatic nitrogens is 2. The molecule has 0 amide bonds. The minimum Gasteiger partial charge on any atom is -0.481 e. The van der Waals surface area contributed by atoms with E-state index in [0.717, 1.165) is 11.6 Å². The van der Waals surface area contributed by atoms with Crippen LogP contribution in [0.4, 0.5) is 4.39 Å². The summed E-state index contributed by atoms with van der Waals surface area (Å²) in [6.45, 7) is 3.68. The lowest BCUT2D eigenvalue weighted by Crippen LogP contribution is -2.26. The van der Waals surface area contributed by atoms with Crippen LogP contribution in [0.5, 0.6) is 0 Å². The molecule has 36 heavy (non-hydrogen) atoms. The lowest BCUT2D eigenvalue weighted by Gasteiger charge is -2.14. The van der Waals surface area contributed by atoms with Crippen LogP contribution in [0, 0.1) is 25.6 Å². The van der Waals surface area contributed by atoms with Crippen LogP contribution >= 0.6 is 11.6 Å². The number of carboxylic acid groups (broad SMARTS) is 1. The Morgan fingerprint density at radius 2 is 1.81 bits per heavy atom. The van der Waals surface area contributed by atoms with E-state index in [4.69, 9.17) is 16.1 Å². The van der Waals surface area contributed by atoms with Gasteiger partial charge in [-0.3, -0.25) is 4.79 Å². The molecule has 4 rings (SSSR count). The molecule has 0 aliphatic rings. The molecule has 0 aliphatic heterocycles. The second kappa shape index (κ2) is 10.2. The number of carbonyl (C=O) groups is 1. The van der Waals surface area contributed by atoms with Crippen LogP contribution in [-0.4, -0.2) is 35.4 Å². The number of hydrogen-bond donors (Lipinski definition) is 1. The van der Waals surface area contributed by atoms with Gasteiger partial charge in [-0.05, 0) is 67.8 Å². The number of sulfone groups is 1. The van der Waals surface area contributed by atoms with Crippen molar-refractivity contribution in [2.75, 3.05) is 5.75 Å². The van der Waals surface area contributed by atoms with Gasteiger partial charge in [-0.15, -0.1) is 0 Å². The van der Waals surface area contributed by atoms with Crippen LogP contribution < -0.4 is 0 Å². The highest BCUT2D eigenvalue weighted by atomic mass is 35.5. The molecule has 3 aromatic carbocycles. The fourth-order valence-corrected chi connectivity index (χ4v) is 5.44. The maximum Gasteiger partial charge on any atom is 0.307 e. The second-order valence-corrected chi connectivity index (χ2v) is 11.0. The molecule has 0 saturated heterocycles. The van der Waals surface area contributed by atoms with E-state index in [9.17, 15) is 22.7 Å². The number of hydrogen-bond acceptors (Lipinski definition) is 6. The highest BCUT2D eigenvalue weighted by molar-refractivity contribution is 7.91. The minimum atomic E-state index is -3.94. The summed E-state index contributed by atoms with van der Waals surface area (Å²) in [5, 5.41) is 13.8. The van der Waals surface area contributed by atoms with E-state index in [1.54, 1.807) is 13.0 Å². The van der Waals surface area contributed by atoms with Crippen molar-refractivity contribution in [2.45, 2.75) is 25.2 Å². The van der Waals surface area contributed by atoms with E-state index in [2.05, 4.69) is 10.1 Å². The highest BCUT2D eigenvalue weighted by Crippen LogP contribution is 2.27. The van der Waals surface area contributed by atoms with Crippen molar-refractivity contribution in [1.82, 2.24) is 10.1 Å². The van der Waals surface area contributed by atoms with Crippen molar-refractivity contribution >= 4 is 27.4 Å². The molecule has 0 bridgehead atoms. The molecule has 1 heterocycles.